The summed E-state index contributed by atoms with van der Waals surface area (Å²) in [7, 11) is 0. The molecule has 1 aromatic rings. The highest BCUT2D eigenvalue weighted by atomic mass is 35.5. The molecule has 1 amide bonds. The molecular formula is C18H20ClN5O2. The molecule has 3 aliphatic rings. The van der Waals surface area contributed by atoms with Gasteiger partial charge in [0.15, 0.2) is 0 Å². The SMILES string of the molecule is Nc1c(Cl)cccc1OCC1=CC(=O)N2N=C(C3CC=CCC3)NC2N1. The number of nitrogen functional groups attached to an aromatic ring is 1. The fourth-order valence-corrected chi connectivity index (χ4v) is 3.40. The van der Waals surface area contributed by atoms with Gasteiger partial charge in [-0.3, -0.25) is 4.79 Å². The Labute approximate surface area is 156 Å². The summed E-state index contributed by atoms with van der Waals surface area (Å²) in [5.74, 6) is 1.49. The van der Waals surface area contributed by atoms with E-state index in [0.717, 1.165) is 25.1 Å². The van der Waals surface area contributed by atoms with Crippen LogP contribution in [0.1, 0.15) is 19.3 Å². The predicted molar refractivity (Wildman–Crippen MR) is 100 cm³/mol. The molecule has 0 spiro atoms. The molecule has 7 nitrogen and oxygen atoms in total. The topological polar surface area (TPSA) is 92.0 Å². The summed E-state index contributed by atoms with van der Waals surface area (Å²) in [6.45, 7) is 0.184. The second kappa shape index (κ2) is 6.92. The molecule has 0 radical (unpaired) electrons. The maximum Gasteiger partial charge on any atom is 0.272 e. The molecule has 2 unspecified atom stereocenters. The molecule has 0 aromatic heterocycles. The summed E-state index contributed by atoms with van der Waals surface area (Å²) < 4.78 is 5.71. The van der Waals surface area contributed by atoms with Crippen LogP contribution in [0.3, 0.4) is 0 Å². The zero-order valence-electron chi connectivity index (χ0n) is 14.1. The second-order valence-electron chi connectivity index (χ2n) is 6.45. The number of carbonyl (C=O) groups is 1. The number of benzene rings is 1. The minimum Gasteiger partial charge on any atom is -0.485 e. The van der Waals surface area contributed by atoms with Crippen LogP contribution >= 0.6 is 11.6 Å². The van der Waals surface area contributed by atoms with Crippen LogP contribution in [-0.2, 0) is 4.79 Å². The van der Waals surface area contributed by atoms with Gasteiger partial charge in [-0.15, -0.1) is 0 Å². The number of hydrazone groups is 1. The average molecular weight is 374 g/mol. The third-order valence-electron chi connectivity index (χ3n) is 4.64. The van der Waals surface area contributed by atoms with E-state index in [9.17, 15) is 4.79 Å². The van der Waals surface area contributed by atoms with Crippen LogP contribution in [0.4, 0.5) is 5.69 Å². The fraction of sp³-hybridized carbons (Fsp3) is 0.333. The minimum atomic E-state index is -0.385. The van der Waals surface area contributed by atoms with Gasteiger partial charge in [-0.2, -0.15) is 10.1 Å². The first-order chi connectivity index (χ1) is 12.6. The first kappa shape index (κ1) is 16.8. The zero-order chi connectivity index (χ0) is 18.1. The monoisotopic (exact) mass is 373 g/mol. The third kappa shape index (κ3) is 3.22. The van der Waals surface area contributed by atoms with E-state index >= 15 is 0 Å². The number of halogens is 1. The van der Waals surface area contributed by atoms with Crippen LogP contribution in [0.5, 0.6) is 5.75 Å². The first-order valence-corrected chi connectivity index (χ1v) is 8.97. The number of nitrogens with two attached hydrogens (primary N) is 1. The van der Waals surface area contributed by atoms with Gasteiger partial charge >= 0.3 is 0 Å². The molecule has 2 aliphatic heterocycles. The lowest BCUT2D eigenvalue weighted by Gasteiger charge is -2.28. The van der Waals surface area contributed by atoms with Gasteiger partial charge in [0.25, 0.3) is 5.91 Å². The molecule has 0 fully saturated rings. The van der Waals surface area contributed by atoms with Crippen molar-refractivity contribution < 1.29 is 9.53 Å². The summed E-state index contributed by atoms with van der Waals surface area (Å²) in [4.78, 5) is 12.4. The van der Waals surface area contributed by atoms with E-state index in [2.05, 4.69) is 27.9 Å². The Morgan fingerprint density at radius 1 is 1.35 bits per heavy atom. The molecule has 2 atom stereocenters. The third-order valence-corrected chi connectivity index (χ3v) is 4.97. The van der Waals surface area contributed by atoms with Crippen LogP contribution in [-0.4, -0.2) is 29.6 Å². The number of fused-ring (bicyclic) bond motifs is 1. The van der Waals surface area contributed by atoms with Crippen molar-refractivity contribution in [2.24, 2.45) is 11.0 Å². The van der Waals surface area contributed by atoms with Crippen molar-refractivity contribution in [2.75, 3.05) is 12.3 Å². The highest BCUT2D eigenvalue weighted by Crippen LogP contribution is 2.29. The molecule has 1 aliphatic carbocycles. The molecule has 0 saturated carbocycles. The molecule has 0 saturated heterocycles. The smallest absolute Gasteiger partial charge is 0.272 e. The number of nitrogens with zero attached hydrogens (tertiary/aromatic N) is 2. The number of anilines is 1. The van der Waals surface area contributed by atoms with Crippen LogP contribution in [0.15, 0.2) is 47.2 Å². The number of hydrogen-bond acceptors (Lipinski definition) is 6. The second-order valence-corrected chi connectivity index (χ2v) is 6.86. The Kier molecular flexibility index (Phi) is 4.46. The normalized spacial score (nSPS) is 24.3. The Morgan fingerprint density at radius 2 is 2.23 bits per heavy atom. The lowest BCUT2D eigenvalue weighted by molar-refractivity contribution is -0.129. The Balaban J connectivity index is 1.40. The highest BCUT2D eigenvalue weighted by Gasteiger charge is 2.36. The molecule has 8 heteroatoms. The molecule has 2 heterocycles. The summed E-state index contributed by atoms with van der Waals surface area (Å²) in [5, 5.41) is 12.9. The molecule has 4 rings (SSSR count). The lowest BCUT2D eigenvalue weighted by atomic mass is 9.93. The molecular weight excluding hydrogens is 354 g/mol. The predicted octanol–water partition coefficient (Wildman–Crippen LogP) is 2.17. The summed E-state index contributed by atoms with van der Waals surface area (Å²) in [5.41, 5.74) is 6.94. The number of hydrogen-bond donors (Lipinski definition) is 3. The fourth-order valence-electron chi connectivity index (χ4n) is 3.23. The Bertz CT molecular complexity index is 820. The number of ether oxygens (including phenoxy) is 1. The maximum atomic E-state index is 12.4. The Morgan fingerprint density at radius 3 is 3.04 bits per heavy atom. The zero-order valence-corrected chi connectivity index (χ0v) is 14.9. The van der Waals surface area contributed by atoms with E-state index in [0.29, 0.717) is 28.1 Å². The number of amidine groups is 1. The van der Waals surface area contributed by atoms with Gasteiger partial charge in [-0.1, -0.05) is 29.8 Å². The van der Waals surface area contributed by atoms with Gasteiger partial charge in [0.05, 0.1) is 16.4 Å². The number of amides is 1. The van der Waals surface area contributed by atoms with Crippen molar-refractivity contribution in [3.8, 4) is 5.75 Å². The largest absolute Gasteiger partial charge is 0.485 e. The van der Waals surface area contributed by atoms with E-state index in [1.54, 1.807) is 18.2 Å². The quantitative estimate of drug-likeness (QED) is 0.555. The number of carbonyl (C=O) groups excluding carboxylic acids is 1. The summed E-state index contributed by atoms with van der Waals surface area (Å²) in [6, 6.07) is 5.20. The molecule has 4 N–H and O–H groups in total. The van der Waals surface area contributed by atoms with Crippen LogP contribution < -0.4 is 21.1 Å². The van der Waals surface area contributed by atoms with Gasteiger partial charge in [0, 0.05) is 12.0 Å². The maximum absolute atomic E-state index is 12.4. The number of allylic oxidation sites excluding steroid dienone is 2. The van der Waals surface area contributed by atoms with Crippen molar-refractivity contribution in [1.29, 1.82) is 0 Å². The number of para-hydroxylation sites is 1. The Hall–Kier alpha value is -2.67. The molecule has 0 bridgehead atoms. The van der Waals surface area contributed by atoms with Crippen molar-refractivity contribution >= 4 is 29.0 Å². The molecule has 1 aromatic carbocycles. The van der Waals surface area contributed by atoms with Gasteiger partial charge in [0.2, 0.25) is 6.29 Å². The summed E-state index contributed by atoms with van der Waals surface area (Å²) >= 11 is 6.00. The van der Waals surface area contributed by atoms with Gasteiger partial charge in [-0.25, -0.2) is 0 Å². The van der Waals surface area contributed by atoms with E-state index in [1.807, 2.05) is 0 Å². The summed E-state index contributed by atoms with van der Waals surface area (Å²) in [6.07, 6.45) is 8.47. The average Bonchev–Trinajstić information content (AvgIpc) is 3.08. The van der Waals surface area contributed by atoms with E-state index < -0.39 is 0 Å². The molecule has 136 valence electrons. The van der Waals surface area contributed by atoms with E-state index in [1.165, 1.54) is 11.1 Å². The van der Waals surface area contributed by atoms with Crippen molar-refractivity contribution in [3.05, 3.63) is 47.1 Å². The lowest BCUT2D eigenvalue weighted by Crippen LogP contribution is -2.54. The van der Waals surface area contributed by atoms with Crippen molar-refractivity contribution in [2.45, 2.75) is 25.6 Å². The number of rotatable bonds is 4. The van der Waals surface area contributed by atoms with Crippen LogP contribution in [0.2, 0.25) is 5.02 Å². The van der Waals surface area contributed by atoms with E-state index in [-0.39, 0.29) is 18.8 Å². The molecule has 26 heavy (non-hydrogen) atoms. The van der Waals surface area contributed by atoms with Crippen molar-refractivity contribution in [3.63, 3.8) is 0 Å². The van der Waals surface area contributed by atoms with Gasteiger partial charge in [0.1, 0.15) is 18.2 Å². The van der Waals surface area contributed by atoms with Crippen LogP contribution in [0, 0.1) is 5.92 Å². The minimum absolute atomic E-state index is 0.180. The van der Waals surface area contributed by atoms with E-state index in [4.69, 9.17) is 22.1 Å². The van der Waals surface area contributed by atoms with Crippen LogP contribution in [0.25, 0.3) is 0 Å². The standard InChI is InChI=1S/C18H20ClN5O2/c19-13-7-4-8-14(16(13)20)26-10-12-9-15(25)24-18(21-12)22-17(23-24)11-5-2-1-3-6-11/h1-2,4,7-9,11,18,21H,3,5-6,10,20H2,(H,22,23). The highest BCUT2D eigenvalue weighted by molar-refractivity contribution is 6.33. The first-order valence-electron chi connectivity index (χ1n) is 8.59. The van der Waals surface area contributed by atoms with Gasteiger partial charge in [-0.05, 0) is 31.4 Å². The van der Waals surface area contributed by atoms with Gasteiger partial charge < -0.3 is 21.1 Å². The number of nitrogens with one attached hydrogen (secondary N) is 2. The van der Waals surface area contributed by atoms with Crippen molar-refractivity contribution in [1.82, 2.24) is 15.6 Å².